The first-order valence-corrected chi connectivity index (χ1v) is 7.04. The SMILES string of the molecule is CC(C)(C)OC(=O)N1CC(c2ccccc2)[C@@H](CO)C1. The molecule has 1 aliphatic heterocycles. The van der Waals surface area contributed by atoms with Crippen LogP contribution in [0.1, 0.15) is 32.3 Å². The topological polar surface area (TPSA) is 49.8 Å². The van der Waals surface area contributed by atoms with E-state index < -0.39 is 5.60 Å². The van der Waals surface area contributed by atoms with Crippen molar-refractivity contribution in [3.8, 4) is 0 Å². The van der Waals surface area contributed by atoms with Gasteiger partial charge in [-0.15, -0.1) is 0 Å². The maximum Gasteiger partial charge on any atom is 0.410 e. The zero-order valence-electron chi connectivity index (χ0n) is 12.4. The molecule has 1 heterocycles. The smallest absolute Gasteiger partial charge is 0.410 e. The molecule has 0 saturated carbocycles. The first-order chi connectivity index (χ1) is 9.40. The molecule has 0 radical (unpaired) electrons. The van der Waals surface area contributed by atoms with Crippen LogP contribution in [0, 0.1) is 5.92 Å². The number of nitrogens with zero attached hydrogens (tertiary/aromatic N) is 1. The molecular formula is C16H23NO3. The third-order valence-electron chi connectivity index (χ3n) is 3.55. The summed E-state index contributed by atoms with van der Waals surface area (Å²) >= 11 is 0. The van der Waals surface area contributed by atoms with E-state index in [9.17, 15) is 9.90 Å². The van der Waals surface area contributed by atoms with Gasteiger partial charge in [0.15, 0.2) is 0 Å². The quantitative estimate of drug-likeness (QED) is 0.904. The number of carbonyl (C=O) groups excluding carboxylic acids is 1. The zero-order valence-corrected chi connectivity index (χ0v) is 12.4. The minimum Gasteiger partial charge on any atom is -0.444 e. The predicted molar refractivity (Wildman–Crippen MR) is 77.6 cm³/mol. The Morgan fingerprint density at radius 2 is 1.95 bits per heavy atom. The van der Waals surface area contributed by atoms with Gasteiger partial charge in [0.25, 0.3) is 0 Å². The van der Waals surface area contributed by atoms with Crippen molar-refractivity contribution >= 4 is 6.09 Å². The summed E-state index contributed by atoms with van der Waals surface area (Å²) in [6, 6.07) is 10.0. The molecule has 20 heavy (non-hydrogen) atoms. The van der Waals surface area contributed by atoms with Crippen LogP contribution in [0.15, 0.2) is 30.3 Å². The third kappa shape index (κ3) is 3.51. The second-order valence-corrected chi connectivity index (χ2v) is 6.35. The molecule has 1 aromatic rings. The van der Waals surface area contributed by atoms with Crippen molar-refractivity contribution in [3.63, 3.8) is 0 Å². The van der Waals surface area contributed by atoms with Gasteiger partial charge in [-0.2, -0.15) is 0 Å². The molecule has 4 nitrogen and oxygen atoms in total. The largest absolute Gasteiger partial charge is 0.444 e. The van der Waals surface area contributed by atoms with E-state index in [4.69, 9.17) is 4.74 Å². The number of likely N-dealkylation sites (tertiary alicyclic amines) is 1. The summed E-state index contributed by atoms with van der Waals surface area (Å²) in [5.74, 6) is 0.249. The predicted octanol–water partition coefficient (Wildman–Crippen LogP) is 2.63. The Morgan fingerprint density at radius 1 is 1.30 bits per heavy atom. The zero-order chi connectivity index (χ0) is 14.8. The first kappa shape index (κ1) is 14.9. The minimum atomic E-state index is -0.489. The van der Waals surface area contributed by atoms with E-state index in [0.717, 1.165) is 5.56 Å². The van der Waals surface area contributed by atoms with Gasteiger partial charge in [-0.3, -0.25) is 0 Å². The molecule has 1 aliphatic rings. The number of aliphatic hydroxyl groups is 1. The van der Waals surface area contributed by atoms with E-state index in [2.05, 4.69) is 0 Å². The fourth-order valence-corrected chi connectivity index (χ4v) is 2.61. The van der Waals surface area contributed by atoms with Crippen molar-refractivity contribution in [1.82, 2.24) is 4.90 Å². The van der Waals surface area contributed by atoms with Crippen LogP contribution < -0.4 is 0 Å². The third-order valence-corrected chi connectivity index (χ3v) is 3.55. The number of benzene rings is 1. The number of amides is 1. The van der Waals surface area contributed by atoms with Crippen LogP contribution in [-0.4, -0.2) is 41.4 Å². The van der Waals surface area contributed by atoms with Crippen LogP contribution in [0.2, 0.25) is 0 Å². The van der Waals surface area contributed by atoms with E-state index in [1.807, 2.05) is 51.1 Å². The highest BCUT2D eigenvalue weighted by Crippen LogP contribution is 2.33. The summed E-state index contributed by atoms with van der Waals surface area (Å²) in [5, 5.41) is 9.55. The van der Waals surface area contributed by atoms with Crippen molar-refractivity contribution in [3.05, 3.63) is 35.9 Å². The molecule has 0 bridgehead atoms. The van der Waals surface area contributed by atoms with Crippen LogP contribution in [0.4, 0.5) is 4.79 Å². The highest BCUT2D eigenvalue weighted by Gasteiger charge is 2.37. The molecule has 0 aromatic heterocycles. The monoisotopic (exact) mass is 277 g/mol. The lowest BCUT2D eigenvalue weighted by Crippen LogP contribution is -2.35. The molecule has 1 unspecified atom stereocenters. The van der Waals surface area contributed by atoms with E-state index in [1.165, 1.54) is 0 Å². The van der Waals surface area contributed by atoms with Gasteiger partial charge in [-0.05, 0) is 26.3 Å². The van der Waals surface area contributed by atoms with Gasteiger partial charge in [0, 0.05) is 31.5 Å². The molecule has 1 aromatic carbocycles. The van der Waals surface area contributed by atoms with E-state index >= 15 is 0 Å². The Hall–Kier alpha value is -1.55. The second kappa shape index (κ2) is 5.83. The van der Waals surface area contributed by atoms with Crippen molar-refractivity contribution in [2.45, 2.75) is 32.3 Å². The molecule has 110 valence electrons. The summed E-state index contributed by atoms with van der Waals surface area (Å²) in [6.07, 6.45) is -0.297. The number of ether oxygens (including phenoxy) is 1. The van der Waals surface area contributed by atoms with Gasteiger partial charge in [-0.25, -0.2) is 4.79 Å². The molecule has 1 amide bonds. The van der Waals surface area contributed by atoms with Crippen molar-refractivity contribution in [2.24, 2.45) is 5.92 Å². The number of hydrogen-bond donors (Lipinski definition) is 1. The average molecular weight is 277 g/mol. The standard InChI is InChI=1S/C16H23NO3/c1-16(2,3)20-15(19)17-9-13(11-18)14(10-17)12-7-5-4-6-8-12/h4-8,13-14,18H,9-11H2,1-3H3/t13-,14?/m1/s1. The van der Waals surface area contributed by atoms with Crippen LogP contribution in [-0.2, 0) is 4.74 Å². The molecule has 1 saturated heterocycles. The van der Waals surface area contributed by atoms with Crippen LogP contribution in [0.25, 0.3) is 0 Å². The van der Waals surface area contributed by atoms with Crippen LogP contribution >= 0.6 is 0 Å². The Labute approximate surface area is 120 Å². The number of rotatable bonds is 2. The number of carbonyl (C=O) groups is 1. The molecule has 4 heteroatoms. The highest BCUT2D eigenvalue weighted by molar-refractivity contribution is 5.68. The summed E-state index contributed by atoms with van der Waals surface area (Å²) in [6.45, 7) is 6.81. The number of hydrogen-bond acceptors (Lipinski definition) is 3. The fourth-order valence-electron chi connectivity index (χ4n) is 2.61. The van der Waals surface area contributed by atoms with E-state index in [0.29, 0.717) is 13.1 Å². The van der Waals surface area contributed by atoms with Gasteiger partial charge in [0.1, 0.15) is 5.60 Å². The average Bonchev–Trinajstić information content (AvgIpc) is 2.82. The van der Waals surface area contributed by atoms with Crippen molar-refractivity contribution < 1.29 is 14.6 Å². The Kier molecular flexibility index (Phi) is 4.33. The molecule has 1 fully saturated rings. The summed E-state index contributed by atoms with van der Waals surface area (Å²) < 4.78 is 5.40. The van der Waals surface area contributed by atoms with Gasteiger partial charge < -0.3 is 14.7 Å². The summed E-state index contributed by atoms with van der Waals surface area (Å²) in [5.41, 5.74) is 0.675. The highest BCUT2D eigenvalue weighted by atomic mass is 16.6. The lowest BCUT2D eigenvalue weighted by molar-refractivity contribution is 0.0283. The van der Waals surface area contributed by atoms with E-state index in [-0.39, 0.29) is 24.5 Å². The Morgan fingerprint density at radius 3 is 2.50 bits per heavy atom. The summed E-state index contributed by atoms with van der Waals surface area (Å²) in [4.78, 5) is 13.8. The minimum absolute atomic E-state index is 0.0740. The summed E-state index contributed by atoms with van der Waals surface area (Å²) in [7, 11) is 0. The Bertz CT molecular complexity index is 453. The van der Waals surface area contributed by atoms with Gasteiger partial charge >= 0.3 is 6.09 Å². The number of aliphatic hydroxyl groups excluding tert-OH is 1. The molecule has 2 rings (SSSR count). The lowest BCUT2D eigenvalue weighted by Gasteiger charge is -2.24. The normalized spacial score (nSPS) is 22.9. The molecule has 2 atom stereocenters. The Balaban J connectivity index is 2.08. The maximum atomic E-state index is 12.1. The van der Waals surface area contributed by atoms with Crippen LogP contribution in [0.3, 0.4) is 0 Å². The molecule has 1 N–H and O–H groups in total. The first-order valence-electron chi connectivity index (χ1n) is 7.04. The van der Waals surface area contributed by atoms with Crippen molar-refractivity contribution in [2.75, 3.05) is 19.7 Å². The molecule has 0 spiro atoms. The van der Waals surface area contributed by atoms with Crippen molar-refractivity contribution in [1.29, 1.82) is 0 Å². The van der Waals surface area contributed by atoms with Gasteiger partial charge in [-0.1, -0.05) is 30.3 Å². The van der Waals surface area contributed by atoms with Gasteiger partial charge in [0.05, 0.1) is 0 Å². The van der Waals surface area contributed by atoms with Crippen LogP contribution in [0.5, 0.6) is 0 Å². The molecular weight excluding hydrogens is 254 g/mol. The fraction of sp³-hybridized carbons (Fsp3) is 0.562. The van der Waals surface area contributed by atoms with E-state index in [1.54, 1.807) is 4.90 Å². The molecule has 0 aliphatic carbocycles. The maximum absolute atomic E-state index is 12.1. The van der Waals surface area contributed by atoms with Gasteiger partial charge in [0.2, 0.25) is 0 Å². The lowest BCUT2D eigenvalue weighted by atomic mass is 9.90. The second-order valence-electron chi connectivity index (χ2n) is 6.35.